The van der Waals surface area contributed by atoms with Gasteiger partial charge in [-0.3, -0.25) is 0 Å². The van der Waals surface area contributed by atoms with Gasteiger partial charge in [-0.25, -0.2) is 4.98 Å². The zero-order valence-corrected chi connectivity index (χ0v) is 16.6. The lowest BCUT2D eigenvalue weighted by Crippen LogP contribution is -2.55. The average molecular weight is 417 g/mol. The van der Waals surface area contributed by atoms with Gasteiger partial charge in [0.1, 0.15) is 0 Å². The van der Waals surface area contributed by atoms with Gasteiger partial charge in [0.05, 0.1) is 17.8 Å². The Morgan fingerprint density at radius 1 is 0.966 bits per heavy atom. The molecule has 29 heavy (non-hydrogen) atoms. The normalized spacial score (nSPS) is 19.5. The summed E-state index contributed by atoms with van der Waals surface area (Å²) < 4.78 is 41.5. The second-order valence-corrected chi connectivity index (χ2v) is 7.93. The van der Waals surface area contributed by atoms with E-state index in [0.29, 0.717) is 16.3 Å². The largest absolute Gasteiger partial charge is 0.438 e. The molecular formula is C21H18F3N3OS. The molecule has 1 aromatic heterocycles. The van der Waals surface area contributed by atoms with Crippen LogP contribution in [0.15, 0.2) is 59.0 Å². The number of thiazole rings is 1. The zero-order valence-electron chi connectivity index (χ0n) is 15.7. The van der Waals surface area contributed by atoms with Gasteiger partial charge in [0, 0.05) is 10.9 Å². The number of aryl methyl sites for hydroxylation is 2. The minimum Gasteiger partial charge on any atom is -0.362 e. The topological polar surface area (TPSA) is 48.7 Å². The van der Waals surface area contributed by atoms with E-state index >= 15 is 0 Å². The summed E-state index contributed by atoms with van der Waals surface area (Å²) in [4.78, 5) is 4.32. The summed E-state index contributed by atoms with van der Waals surface area (Å²) in [6.45, 7) is 3.84. The number of hydrogen-bond donors (Lipinski definition) is 1. The molecule has 0 amide bonds. The van der Waals surface area contributed by atoms with E-state index < -0.39 is 18.3 Å². The third-order valence-electron chi connectivity index (χ3n) is 4.84. The van der Waals surface area contributed by atoms with Gasteiger partial charge in [-0.05, 0) is 19.4 Å². The first kappa shape index (κ1) is 19.6. The van der Waals surface area contributed by atoms with E-state index in [-0.39, 0.29) is 10.8 Å². The summed E-state index contributed by atoms with van der Waals surface area (Å²) in [5, 5.41) is 17.0. The van der Waals surface area contributed by atoms with Crippen molar-refractivity contribution >= 4 is 22.2 Å². The van der Waals surface area contributed by atoms with Crippen LogP contribution < -0.4 is 5.01 Å². The number of halogens is 3. The molecule has 0 unspecified atom stereocenters. The van der Waals surface area contributed by atoms with Crippen molar-refractivity contribution in [3.63, 3.8) is 0 Å². The number of nitrogens with zero attached hydrogens (tertiary/aromatic N) is 3. The van der Waals surface area contributed by atoms with E-state index in [1.807, 2.05) is 38.1 Å². The van der Waals surface area contributed by atoms with Gasteiger partial charge in [0.25, 0.3) is 5.72 Å². The van der Waals surface area contributed by atoms with Gasteiger partial charge in [0.2, 0.25) is 5.13 Å². The Morgan fingerprint density at radius 3 is 2.07 bits per heavy atom. The summed E-state index contributed by atoms with van der Waals surface area (Å²) >= 11 is 1.01. The van der Waals surface area contributed by atoms with Crippen molar-refractivity contribution in [1.82, 2.24) is 4.98 Å². The van der Waals surface area contributed by atoms with Gasteiger partial charge >= 0.3 is 6.18 Å². The number of rotatable bonds is 3. The van der Waals surface area contributed by atoms with Gasteiger partial charge in [0.15, 0.2) is 0 Å². The molecule has 8 heteroatoms. The molecule has 0 aliphatic carbocycles. The maximum atomic E-state index is 13.8. The molecule has 0 fully saturated rings. The van der Waals surface area contributed by atoms with Crippen LogP contribution >= 0.6 is 11.3 Å². The maximum Gasteiger partial charge on any atom is 0.438 e. The molecule has 150 valence electrons. The van der Waals surface area contributed by atoms with Gasteiger partial charge in [-0.1, -0.05) is 59.7 Å². The van der Waals surface area contributed by atoms with Crippen molar-refractivity contribution in [3.05, 3.63) is 70.6 Å². The maximum absolute atomic E-state index is 13.8. The van der Waals surface area contributed by atoms with E-state index in [1.165, 1.54) is 0 Å². The van der Waals surface area contributed by atoms with Crippen LogP contribution in [0.4, 0.5) is 18.3 Å². The zero-order chi connectivity index (χ0) is 20.8. The lowest BCUT2D eigenvalue weighted by atomic mass is 10.0. The molecular weight excluding hydrogens is 399 g/mol. The van der Waals surface area contributed by atoms with Crippen LogP contribution in [0.5, 0.6) is 0 Å². The number of anilines is 1. The first-order valence-corrected chi connectivity index (χ1v) is 9.82. The van der Waals surface area contributed by atoms with E-state index in [4.69, 9.17) is 0 Å². The molecule has 4 nitrogen and oxygen atoms in total. The number of hydrazone groups is 1. The summed E-state index contributed by atoms with van der Waals surface area (Å²) in [7, 11) is 0. The number of aromatic nitrogens is 1. The quantitative estimate of drug-likeness (QED) is 0.630. The minimum atomic E-state index is -4.90. The Balaban J connectivity index is 1.74. The Hall–Kier alpha value is -2.71. The summed E-state index contributed by atoms with van der Waals surface area (Å²) in [6.07, 6.45) is -5.57. The van der Waals surface area contributed by atoms with E-state index in [1.54, 1.807) is 29.6 Å². The molecule has 4 rings (SSSR count). The lowest BCUT2D eigenvalue weighted by molar-refractivity contribution is -0.254. The van der Waals surface area contributed by atoms with Crippen molar-refractivity contribution < 1.29 is 18.3 Å². The Bertz CT molecular complexity index is 1060. The van der Waals surface area contributed by atoms with Crippen molar-refractivity contribution in [3.8, 4) is 11.3 Å². The highest BCUT2D eigenvalue weighted by molar-refractivity contribution is 7.14. The minimum absolute atomic E-state index is 0.0116. The van der Waals surface area contributed by atoms with Crippen LogP contribution in [-0.4, -0.2) is 27.7 Å². The van der Waals surface area contributed by atoms with E-state index in [0.717, 1.165) is 28.0 Å². The molecule has 1 N–H and O–H groups in total. The molecule has 0 bridgehead atoms. The molecule has 0 saturated heterocycles. The predicted octanol–water partition coefficient (Wildman–Crippen LogP) is 5.29. The lowest BCUT2D eigenvalue weighted by Gasteiger charge is -2.32. The Kier molecular flexibility index (Phi) is 4.71. The van der Waals surface area contributed by atoms with Crippen LogP contribution in [0.1, 0.15) is 23.1 Å². The molecule has 0 saturated carbocycles. The number of hydrogen-bond acceptors (Lipinski definition) is 5. The fraction of sp³-hybridized carbons (Fsp3) is 0.238. The van der Waals surface area contributed by atoms with Crippen LogP contribution in [0, 0.1) is 13.8 Å². The monoisotopic (exact) mass is 417 g/mol. The van der Waals surface area contributed by atoms with Crippen LogP contribution in [0.25, 0.3) is 11.3 Å². The van der Waals surface area contributed by atoms with Crippen molar-refractivity contribution in [2.45, 2.75) is 32.2 Å². The highest BCUT2D eigenvalue weighted by Crippen LogP contribution is 2.45. The summed E-state index contributed by atoms with van der Waals surface area (Å²) in [5.41, 5.74) is 0.938. The SMILES string of the molecule is Cc1ccc(C2=NN(c3nc(-c4ccc(C)cc4)cs3)[C@@](O)(C(F)(F)F)C2)cc1. The third-order valence-corrected chi connectivity index (χ3v) is 5.66. The molecule has 2 heterocycles. The highest BCUT2D eigenvalue weighted by atomic mass is 32.1. The molecule has 3 aromatic rings. The summed E-state index contributed by atoms with van der Waals surface area (Å²) in [5.74, 6) is 0. The number of benzene rings is 2. The highest BCUT2D eigenvalue weighted by Gasteiger charge is 2.62. The van der Waals surface area contributed by atoms with Crippen molar-refractivity contribution in [2.24, 2.45) is 5.10 Å². The molecule has 1 aliphatic heterocycles. The van der Waals surface area contributed by atoms with E-state index in [2.05, 4.69) is 10.1 Å². The van der Waals surface area contributed by atoms with Crippen molar-refractivity contribution in [2.75, 3.05) is 5.01 Å². The third kappa shape index (κ3) is 3.54. The van der Waals surface area contributed by atoms with Crippen molar-refractivity contribution in [1.29, 1.82) is 0 Å². The number of aliphatic hydroxyl groups is 1. The fourth-order valence-electron chi connectivity index (χ4n) is 3.09. The van der Waals surface area contributed by atoms with Gasteiger partial charge in [-0.15, -0.1) is 11.3 Å². The molecule has 0 radical (unpaired) electrons. The molecule has 1 aliphatic rings. The smallest absolute Gasteiger partial charge is 0.362 e. The Morgan fingerprint density at radius 2 is 1.52 bits per heavy atom. The van der Waals surface area contributed by atoms with Gasteiger partial charge in [-0.2, -0.15) is 23.3 Å². The molecule has 1 atom stereocenters. The second kappa shape index (κ2) is 6.96. The molecule has 0 spiro atoms. The standard InChI is InChI=1S/C21H18F3N3OS/c1-13-3-7-15(8-4-13)17-11-20(28,21(22,23)24)27(26-17)19-25-18(12-29-19)16-9-5-14(2)6-10-16/h3-10,12,28H,11H2,1-2H3/t20-/m0/s1. The van der Waals surface area contributed by atoms with Crippen LogP contribution in [0.2, 0.25) is 0 Å². The Labute approximate surface area is 170 Å². The average Bonchev–Trinajstić information content (AvgIpc) is 3.28. The predicted molar refractivity (Wildman–Crippen MR) is 108 cm³/mol. The number of alkyl halides is 3. The van der Waals surface area contributed by atoms with Crippen LogP contribution in [-0.2, 0) is 0 Å². The van der Waals surface area contributed by atoms with Crippen LogP contribution in [0.3, 0.4) is 0 Å². The molecule has 2 aromatic carbocycles. The fourth-order valence-corrected chi connectivity index (χ4v) is 3.94. The first-order valence-electron chi connectivity index (χ1n) is 8.94. The second-order valence-electron chi connectivity index (χ2n) is 7.10. The van der Waals surface area contributed by atoms with E-state index in [9.17, 15) is 18.3 Å². The first-order chi connectivity index (χ1) is 13.7. The van der Waals surface area contributed by atoms with Gasteiger partial charge < -0.3 is 5.11 Å². The summed E-state index contributed by atoms with van der Waals surface area (Å²) in [6, 6.07) is 14.5.